The van der Waals surface area contributed by atoms with Gasteiger partial charge in [0.1, 0.15) is 0 Å². The molecule has 0 saturated heterocycles. The van der Waals surface area contributed by atoms with Gasteiger partial charge in [-0.05, 0) is 49.1 Å². The third-order valence-corrected chi connectivity index (χ3v) is 7.17. The molecule has 6 nitrogen and oxygen atoms in total. The minimum atomic E-state index is -3.80. The van der Waals surface area contributed by atoms with Crippen LogP contribution in [0, 0.1) is 6.92 Å². The zero-order chi connectivity index (χ0) is 20.3. The smallest absolute Gasteiger partial charge is 0.335 e. The Balaban J connectivity index is 1.73. The summed E-state index contributed by atoms with van der Waals surface area (Å²) in [7, 11) is -3.80. The van der Waals surface area contributed by atoms with E-state index in [0.717, 1.165) is 10.4 Å². The molecule has 9 heteroatoms. The molecule has 0 spiro atoms. The number of carboxylic acids is 1. The standard InChI is InChI=1S/C19H17ClN2O4S2/c1-12-16(20)7-4-8-17(12)28(25,26)22-19-21-11-14(27-19)10-9-13-5-2-3-6-15(13)18(23)24/h2-8,11H,9-10H2,1H3,(H,21,22)(H,23,24). The predicted octanol–water partition coefficient (Wildman–Crippen LogP) is 4.39. The van der Waals surface area contributed by atoms with Gasteiger partial charge in [-0.15, -0.1) is 11.3 Å². The topological polar surface area (TPSA) is 96.4 Å². The summed E-state index contributed by atoms with van der Waals surface area (Å²) in [5.74, 6) is -0.967. The maximum Gasteiger partial charge on any atom is 0.335 e. The molecule has 0 radical (unpaired) electrons. The number of carboxylic acid groups (broad SMARTS) is 1. The van der Waals surface area contributed by atoms with Crippen LogP contribution in [-0.2, 0) is 22.9 Å². The summed E-state index contributed by atoms with van der Waals surface area (Å²) in [6, 6.07) is 11.5. The van der Waals surface area contributed by atoms with Crippen LogP contribution in [0.1, 0.15) is 26.4 Å². The molecule has 0 atom stereocenters. The molecule has 0 saturated carbocycles. The summed E-state index contributed by atoms with van der Waals surface area (Å²) in [6.07, 6.45) is 2.67. The summed E-state index contributed by atoms with van der Waals surface area (Å²) < 4.78 is 27.7. The molecular formula is C19H17ClN2O4S2. The van der Waals surface area contributed by atoms with E-state index in [1.165, 1.54) is 17.4 Å². The molecule has 2 aromatic carbocycles. The van der Waals surface area contributed by atoms with Crippen molar-refractivity contribution in [2.24, 2.45) is 0 Å². The monoisotopic (exact) mass is 436 g/mol. The SMILES string of the molecule is Cc1c(Cl)cccc1S(=O)(=O)Nc1ncc(CCc2ccccc2C(=O)O)s1. The highest BCUT2D eigenvalue weighted by molar-refractivity contribution is 7.93. The van der Waals surface area contributed by atoms with Gasteiger partial charge in [-0.3, -0.25) is 4.72 Å². The van der Waals surface area contributed by atoms with Crippen molar-refractivity contribution in [3.05, 3.63) is 75.3 Å². The summed E-state index contributed by atoms with van der Waals surface area (Å²) in [4.78, 5) is 16.4. The second-order valence-corrected chi connectivity index (χ2v) is 9.24. The van der Waals surface area contributed by atoms with E-state index in [-0.39, 0.29) is 15.6 Å². The number of nitrogens with one attached hydrogen (secondary N) is 1. The van der Waals surface area contributed by atoms with Gasteiger partial charge in [0.05, 0.1) is 10.5 Å². The van der Waals surface area contributed by atoms with Crippen LogP contribution in [0.2, 0.25) is 5.02 Å². The number of hydrogen-bond donors (Lipinski definition) is 2. The first-order valence-corrected chi connectivity index (χ1v) is 11.0. The number of carbonyl (C=O) groups is 1. The highest BCUT2D eigenvalue weighted by Gasteiger charge is 2.20. The molecule has 28 heavy (non-hydrogen) atoms. The number of rotatable bonds is 7. The zero-order valence-corrected chi connectivity index (χ0v) is 17.2. The largest absolute Gasteiger partial charge is 0.478 e. The molecular weight excluding hydrogens is 420 g/mol. The minimum Gasteiger partial charge on any atom is -0.478 e. The summed E-state index contributed by atoms with van der Waals surface area (Å²) in [6.45, 7) is 1.64. The fourth-order valence-corrected chi connectivity index (χ4v) is 5.28. The maximum absolute atomic E-state index is 12.6. The minimum absolute atomic E-state index is 0.104. The summed E-state index contributed by atoms with van der Waals surface area (Å²) in [5, 5.41) is 9.87. The molecule has 0 aliphatic carbocycles. The Kier molecular flexibility index (Phi) is 6.02. The first-order valence-electron chi connectivity index (χ1n) is 8.32. The molecule has 146 valence electrons. The van der Waals surface area contributed by atoms with Crippen molar-refractivity contribution in [2.75, 3.05) is 4.72 Å². The van der Waals surface area contributed by atoms with Crippen LogP contribution in [0.3, 0.4) is 0 Å². The van der Waals surface area contributed by atoms with Crippen molar-refractivity contribution >= 4 is 44.1 Å². The van der Waals surface area contributed by atoms with Crippen molar-refractivity contribution in [1.82, 2.24) is 4.98 Å². The van der Waals surface area contributed by atoms with Gasteiger partial charge in [-0.1, -0.05) is 35.9 Å². The summed E-state index contributed by atoms with van der Waals surface area (Å²) in [5.41, 5.74) is 1.46. The fraction of sp³-hybridized carbons (Fsp3) is 0.158. The fourth-order valence-electron chi connectivity index (χ4n) is 2.72. The van der Waals surface area contributed by atoms with Crippen molar-refractivity contribution in [2.45, 2.75) is 24.7 Å². The zero-order valence-electron chi connectivity index (χ0n) is 14.8. The molecule has 0 fully saturated rings. The van der Waals surface area contributed by atoms with Crippen LogP contribution < -0.4 is 4.72 Å². The van der Waals surface area contributed by atoms with E-state index in [0.29, 0.717) is 23.4 Å². The Morgan fingerprint density at radius 3 is 2.68 bits per heavy atom. The lowest BCUT2D eigenvalue weighted by molar-refractivity contribution is 0.0695. The van der Waals surface area contributed by atoms with Gasteiger partial charge in [-0.2, -0.15) is 0 Å². The van der Waals surface area contributed by atoms with E-state index in [9.17, 15) is 18.3 Å². The predicted molar refractivity (Wildman–Crippen MR) is 110 cm³/mol. The van der Waals surface area contributed by atoms with Gasteiger partial charge in [0, 0.05) is 16.1 Å². The number of thiazole rings is 1. The third-order valence-electron chi connectivity index (χ3n) is 4.17. The Labute approximate surface area is 171 Å². The van der Waals surface area contributed by atoms with E-state index in [2.05, 4.69) is 9.71 Å². The Bertz CT molecular complexity index is 1130. The van der Waals surface area contributed by atoms with Crippen molar-refractivity contribution in [3.8, 4) is 0 Å². The molecule has 2 N–H and O–H groups in total. The summed E-state index contributed by atoms with van der Waals surface area (Å²) >= 11 is 7.23. The Hall–Kier alpha value is -2.42. The lowest BCUT2D eigenvalue weighted by Crippen LogP contribution is -2.14. The van der Waals surface area contributed by atoms with Gasteiger partial charge >= 0.3 is 5.97 Å². The van der Waals surface area contributed by atoms with Crippen LogP contribution in [-0.4, -0.2) is 24.5 Å². The normalized spacial score (nSPS) is 11.4. The van der Waals surface area contributed by atoms with Crippen LogP contribution in [0.15, 0.2) is 53.6 Å². The van der Waals surface area contributed by atoms with E-state index in [4.69, 9.17) is 11.6 Å². The number of sulfonamides is 1. The number of aromatic carboxylic acids is 1. The van der Waals surface area contributed by atoms with Crippen molar-refractivity contribution in [1.29, 1.82) is 0 Å². The molecule has 0 aliphatic heterocycles. The number of aryl methyl sites for hydroxylation is 2. The van der Waals surface area contributed by atoms with Gasteiger partial charge in [0.2, 0.25) is 0 Å². The van der Waals surface area contributed by atoms with Crippen LogP contribution in [0.5, 0.6) is 0 Å². The van der Waals surface area contributed by atoms with Crippen LogP contribution in [0.4, 0.5) is 5.13 Å². The lowest BCUT2D eigenvalue weighted by Gasteiger charge is -2.09. The molecule has 1 heterocycles. The second-order valence-electron chi connectivity index (χ2n) is 6.06. The number of nitrogens with zero attached hydrogens (tertiary/aromatic N) is 1. The molecule has 0 bridgehead atoms. The number of aromatic nitrogens is 1. The molecule has 3 rings (SSSR count). The van der Waals surface area contributed by atoms with E-state index in [1.54, 1.807) is 49.5 Å². The Morgan fingerprint density at radius 2 is 1.93 bits per heavy atom. The van der Waals surface area contributed by atoms with Crippen LogP contribution >= 0.6 is 22.9 Å². The number of benzene rings is 2. The lowest BCUT2D eigenvalue weighted by atomic mass is 10.0. The van der Waals surface area contributed by atoms with E-state index in [1.807, 2.05) is 0 Å². The van der Waals surface area contributed by atoms with Crippen molar-refractivity contribution in [3.63, 3.8) is 0 Å². The van der Waals surface area contributed by atoms with E-state index < -0.39 is 16.0 Å². The second kappa shape index (κ2) is 8.30. The molecule has 3 aromatic rings. The number of hydrogen-bond acceptors (Lipinski definition) is 5. The number of anilines is 1. The highest BCUT2D eigenvalue weighted by Crippen LogP contribution is 2.27. The molecule has 0 amide bonds. The average molecular weight is 437 g/mol. The third kappa shape index (κ3) is 4.52. The first-order chi connectivity index (χ1) is 13.3. The maximum atomic E-state index is 12.6. The first kappa shape index (κ1) is 20.3. The number of halogens is 1. The van der Waals surface area contributed by atoms with E-state index >= 15 is 0 Å². The van der Waals surface area contributed by atoms with Crippen molar-refractivity contribution < 1.29 is 18.3 Å². The van der Waals surface area contributed by atoms with Gasteiger partial charge in [0.15, 0.2) is 5.13 Å². The molecule has 0 unspecified atom stereocenters. The molecule has 1 aromatic heterocycles. The van der Waals surface area contributed by atoms with Gasteiger partial charge < -0.3 is 5.11 Å². The molecule has 0 aliphatic rings. The van der Waals surface area contributed by atoms with Gasteiger partial charge in [0.25, 0.3) is 10.0 Å². The quantitative estimate of drug-likeness (QED) is 0.572. The van der Waals surface area contributed by atoms with Crippen LogP contribution in [0.25, 0.3) is 0 Å². The highest BCUT2D eigenvalue weighted by atomic mass is 35.5. The average Bonchev–Trinajstić information content (AvgIpc) is 3.08. The Morgan fingerprint density at radius 1 is 1.18 bits per heavy atom. The van der Waals surface area contributed by atoms with Gasteiger partial charge in [-0.25, -0.2) is 18.2 Å².